The Balaban J connectivity index is 2.82. The standard InChI is InChI=1S/C13H20NO5P/c1-9(2)8-12(20(16,17)18)13(15)14-10-4-6-11(19-3)7-5-10/h4-7,9,12H,8H2,1-3H3,(H,14,15)(H2,16,17,18). The first-order valence-corrected chi connectivity index (χ1v) is 7.92. The average molecular weight is 301 g/mol. The van der Waals surface area contributed by atoms with Gasteiger partial charge in [-0.05, 0) is 36.6 Å². The van der Waals surface area contributed by atoms with Gasteiger partial charge in [0.1, 0.15) is 11.4 Å². The van der Waals surface area contributed by atoms with Crippen molar-refractivity contribution in [2.24, 2.45) is 5.92 Å². The lowest BCUT2D eigenvalue weighted by Gasteiger charge is -2.19. The Hall–Kier alpha value is -1.36. The molecule has 0 radical (unpaired) electrons. The van der Waals surface area contributed by atoms with Crippen LogP contribution in [-0.2, 0) is 9.36 Å². The normalized spacial score (nSPS) is 13.1. The zero-order valence-corrected chi connectivity index (χ0v) is 12.6. The second kappa shape index (κ2) is 6.88. The Kier molecular flexibility index (Phi) is 5.74. The van der Waals surface area contributed by atoms with E-state index in [1.165, 1.54) is 7.11 Å². The number of benzene rings is 1. The Morgan fingerprint density at radius 2 is 1.85 bits per heavy atom. The molecular formula is C13H20NO5P. The molecule has 112 valence electrons. The highest BCUT2D eigenvalue weighted by Crippen LogP contribution is 2.44. The minimum Gasteiger partial charge on any atom is -0.497 e. The fraction of sp³-hybridized carbons (Fsp3) is 0.462. The van der Waals surface area contributed by atoms with Crippen LogP contribution in [0.2, 0.25) is 0 Å². The summed E-state index contributed by atoms with van der Waals surface area (Å²) in [5.74, 6) is -0.0249. The smallest absolute Gasteiger partial charge is 0.337 e. The minimum absolute atomic E-state index is 0.00856. The number of carbonyl (C=O) groups is 1. The van der Waals surface area contributed by atoms with Gasteiger partial charge in [0, 0.05) is 5.69 Å². The molecule has 1 aromatic carbocycles. The van der Waals surface area contributed by atoms with Gasteiger partial charge in [0.15, 0.2) is 0 Å². The third kappa shape index (κ3) is 4.96. The number of amides is 1. The molecule has 1 aromatic rings. The van der Waals surface area contributed by atoms with E-state index in [-0.39, 0.29) is 12.3 Å². The van der Waals surface area contributed by atoms with Crippen molar-refractivity contribution < 1.29 is 23.9 Å². The average Bonchev–Trinajstić information content (AvgIpc) is 2.35. The molecule has 3 N–H and O–H groups in total. The maximum atomic E-state index is 12.0. The van der Waals surface area contributed by atoms with Gasteiger partial charge in [-0.1, -0.05) is 13.8 Å². The molecule has 0 aliphatic rings. The second-order valence-corrected chi connectivity index (χ2v) is 6.75. The van der Waals surface area contributed by atoms with Crippen molar-refractivity contribution in [2.45, 2.75) is 25.9 Å². The van der Waals surface area contributed by atoms with Gasteiger partial charge < -0.3 is 19.8 Å². The van der Waals surface area contributed by atoms with Gasteiger partial charge in [-0.2, -0.15) is 0 Å². The van der Waals surface area contributed by atoms with E-state index in [0.717, 1.165) is 0 Å². The molecule has 1 unspecified atom stereocenters. The molecule has 0 spiro atoms. The van der Waals surface area contributed by atoms with E-state index in [0.29, 0.717) is 11.4 Å². The third-order valence-electron chi connectivity index (χ3n) is 2.76. The first-order chi connectivity index (χ1) is 9.24. The van der Waals surface area contributed by atoms with Crippen molar-refractivity contribution in [1.29, 1.82) is 0 Å². The van der Waals surface area contributed by atoms with Crippen LogP contribution < -0.4 is 10.1 Å². The van der Waals surface area contributed by atoms with Crippen LogP contribution in [0.15, 0.2) is 24.3 Å². The summed E-state index contributed by atoms with van der Waals surface area (Å²) < 4.78 is 16.4. The molecule has 0 heterocycles. The molecule has 1 atom stereocenters. The highest BCUT2D eigenvalue weighted by Gasteiger charge is 2.36. The number of anilines is 1. The Bertz CT molecular complexity index is 494. The van der Waals surface area contributed by atoms with Crippen molar-refractivity contribution >= 4 is 19.2 Å². The van der Waals surface area contributed by atoms with E-state index < -0.39 is 19.2 Å². The van der Waals surface area contributed by atoms with Crippen LogP contribution in [0.4, 0.5) is 5.69 Å². The van der Waals surface area contributed by atoms with Gasteiger partial charge in [0.05, 0.1) is 7.11 Å². The number of carbonyl (C=O) groups excluding carboxylic acids is 1. The summed E-state index contributed by atoms with van der Waals surface area (Å²) in [6, 6.07) is 6.54. The van der Waals surface area contributed by atoms with Gasteiger partial charge in [0.2, 0.25) is 5.91 Å². The van der Waals surface area contributed by atoms with E-state index >= 15 is 0 Å². The lowest BCUT2D eigenvalue weighted by atomic mass is 10.1. The largest absolute Gasteiger partial charge is 0.497 e. The fourth-order valence-corrected chi connectivity index (χ4v) is 2.81. The summed E-state index contributed by atoms with van der Waals surface area (Å²) in [6.07, 6.45) is 0.131. The molecule has 0 fully saturated rings. The van der Waals surface area contributed by atoms with Gasteiger partial charge >= 0.3 is 7.60 Å². The topological polar surface area (TPSA) is 95.9 Å². The number of rotatable bonds is 6. The van der Waals surface area contributed by atoms with Crippen molar-refractivity contribution in [3.63, 3.8) is 0 Å². The fourth-order valence-electron chi connectivity index (χ4n) is 1.74. The second-order valence-electron chi connectivity index (χ2n) is 4.95. The summed E-state index contributed by atoms with van der Waals surface area (Å²) in [4.78, 5) is 30.6. The first kappa shape index (κ1) is 16.7. The van der Waals surface area contributed by atoms with Crippen molar-refractivity contribution in [2.75, 3.05) is 12.4 Å². The SMILES string of the molecule is COc1ccc(NC(=O)C(CC(C)C)P(=O)(O)O)cc1. The van der Waals surface area contributed by atoms with Crippen LogP contribution in [0.5, 0.6) is 5.75 Å². The highest BCUT2D eigenvalue weighted by atomic mass is 31.2. The molecule has 0 aliphatic heterocycles. The molecule has 20 heavy (non-hydrogen) atoms. The van der Waals surface area contributed by atoms with Crippen LogP contribution in [0.3, 0.4) is 0 Å². The van der Waals surface area contributed by atoms with Gasteiger partial charge in [-0.3, -0.25) is 9.36 Å². The summed E-state index contributed by atoms with van der Waals surface area (Å²) >= 11 is 0. The predicted octanol–water partition coefficient (Wildman–Crippen LogP) is 2.23. The maximum absolute atomic E-state index is 12.0. The highest BCUT2D eigenvalue weighted by molar-refractivity contribution is 7.53. The summed E-state index contributed by atoms with van der Waals surface area (Å²) in [5.41, 5.74) is -0.859. The Morgan fingerprint density at radius 3 is 2.25 bits per heavy atom. The quantitative estimate of drug-likeness (QED) is 0.700. The van der Waals surface area contributed by atoms with Crippen molar-refractivity contribution in [1.82, 2.24) is 0 Å². The zero-order valence-electron chi connectivity index (χ0n) is 11.7. The van der Waals surface area contributed by atoms with Crippen LogP contribution >= 0.6 is 7.60 Å². The first-order valence-electron chi connectivity index (χ1n) is 6.24. The monoisotopic (exact) mass is 301 g/mol. The lowest BCUT2D eigenvalue weighted by Crippen LogP contribution is -2.29. The molecule has 0 bridgehead atoms. The zero-order chi connectivity index (χ0) is 15.3. The lowest BCUT2D eigenvalue weighted by molar-refractivity contribution is -0.116. The summed E-state index contributed by atoms with van der Waals surface area (Å²) in [7, 11) is -2.95. The summed E-state index contributed by atoms with van der Waals surface area (Å²) in [5, 5.41) is 2.52. The predicted molar refractivity (Wildman–Crippen MR) is 76.9 cm³/mol. The molecule has 0 aromatic heterocycles. The molecule has 0 saturated heterocycles. The molecule has 1 rings (SSSR count). The molecule has 7 heteroatoms. The maximum Gasteiger partial charge on any atom is 0.337 e. The molecule has 1 amide bonds. The Morgan fingerprint density at radius 1 is 1.30 bits per heavy atom. The molecular weight excluding hydrogens is 281 g/mol. The van der Waals surface area contributed by atoms with E-state index in [1.807, 2.05) is 13.8 Å². The van der Waals surface area contributed by atoms with E-state index in [2.05, 4.69) is 5.32 Å². The number of hydrogen-bond donors (Lipinski definition) is 3. The van der Waals surface area contributed by atoms with Crippen molar-refractivity contribution in [3.8, 4) is 5.75 Å². The van der Waals surface area contributed by atoms with Gasteiger partial charge in [-0.25, -0.2) is 0 Å². The van der Waals surface area contributed by atoms with Gasteiger partial charge in [-0.15, -0.1) is 0 Å². The van der Waals surface area contributed by atoms with Crippen LogP contribution in [-0.4, -0.2) is 28.5 Å². The number of hydrogen-bond acceptors (Lipinski definition) is 3. The summed E-state index contributed by atoms with van der Waals surface area (Å²) in [6.45, 7) is 3.62. The minimum atomic E-state index is -4.47. The molecule has 0 saturated carbocycles. The third-order valence-corrected chi connectivity index (χ3v) is 4.02. The molecule has 0 aliphatic carbocycles. The number of methoxy groups -OCH3 is 1. The Labute approximate surface area is 118 Å². The van der Waals surface area contributed by atoms with E-state index in [9.17, 15) is 19.1 Å². The number of ether oxygens (including phenoxy) is 1. The van der Waals surface area contributed by atoms with Crippen LogP contribution in [0.1, 0.15) is 20.3 Å². The van der Waals surface area contributed by atoms with Gasteiger partial charge in [0.25, 0.3) is 0 Å². The molecule has 6 nitrogen and oxygen atoms in total. The van der Waals surface area contributed by atoms with Crippen LogP contribution in [0.25, 0.3) is 0 Å². The van der Waals surface area contributed by atoms with E-state index in [1.54, 1.807) is 24.3 Å². The van der Waals surface area contributed by atoms with E-state index in [4.69, 9.17) is 4.74 Å². The van der Waals surface area contributed by atoms with Crippen LogP contribution in [0, 0.1) is 5.92 Å². The number of nitrogens with one attached hydrogen (secondary N) is 1. The van der Waals surface area contributed by atoms with Crippen molar-refractivity contribution in [3.05, 3.63) is 24.3 Å².